The van der Waals surface area contributed by atoms with Crippen LogP contribution in [0.15, 0.2) is 60.0 Å². The van der Waals surface area contributed by atoms with E-state index in [-0.39, 0.29) is 34.7 Å². The second-order valence-electron chi connectivity index (χ2n) is 7.53. The summed E-state index contributed by atoms with van der Waals surface area (Å²) in [7, 11) is -15.0. The molecule has 34 heavy (non-hydrogen) atoms. The zero-order chi connectivity index (χ0) is 26.2. The van der Waals surface area contributed by atoms with Crippen molar-refractivity contribution in [3.05, 3.63) is 50.9 Å². The molecular weight excluding hydrogens is 641 g/mol. The number of ether oxygens (including phenoxy) is 1. The molecule has 0 aromatic heterocycles. The molecule has 6 nitrogen and oxygen atoms in total. The van der Waals surface area contributed by atoms with Crippen molar-refractivity contribution in [1.82, 2.24) is 5.32 Å². The number of rotatable bonds is 8. The van der Waals surface area contributed by atoms with Gasteiger partial charge < -0.3 is 10.1 Å². The van der Waals surface area contributed by atoms with Gasteiger partial charge in [-0.25, -0.2) is 8.42 Å². The number of esters is 1. The van der Waals surface area contributed by atoms with Crippen LogP contribution in [0.3, 0.4) is 0 Å². The van der Waals surface area contributed by atoms with Crippen LogP contribution in [0.5, 0.6) is 0 Å². The molecule has 0 fully saturated rings. The SMILES string of the molecule is CC(C)COC(=O)CNC(=O)c1cc(Br)cc(S(=O)(=O)c2cc(Br)cc(S(F)(F)(F)(F)F)c2)c1. The van der Waals surface area contributed by atoms with Crippen LogP contribution in [0.4, 0.5) is 19.4 Å². The fraction of sp³-hybridized carbons (Fsp3) is 0.263. The molecule has 0 atom stereocenters. The highest BCUT2D eigenvalue weighted by atomic mass is 79.9. The summed E-state index contributed by atoms with van der Waals surface area (Å²) in [5, 5.41) is 2.24. The average Bonchev–Trinajstić information content (AvgIpc) is 2.67. The van der Waals surface area contributed by atoms with Crippen molar-refractivity contribution >= 4 is 63.8 Å². The largest absolute Gasteiger partial charge is 0.464 e. The smallest absolute Gasteiger partial charge is 0.325 e. The summed E-state index contributed by atoms with van der Waals surface area (Å²) < 4.78 is 96.7. The van der Waals surface area contributed by atoms with Gasteiger partial charge in [0.05, 0.1) is 16.4 Å². The molecule has 15 heteroatoms. The van der Waals surface area contributed by atoms with Crippen molar-refractivity contribution in [3.8, 4) is 0 Å². The third-order valence-corrected chi connectivity index (χ3v) is 7.77. The molecule has 2 rings (SSSR count). The van der Waals surface area contributed by atoms with Crippen molar-refractivity contribution in [2.45, 2.75) is 28.5 Å². The van der Waals surface area contributed by atoms with Crippen molar-refractivity contribution in [2.75, 3.05) is 13.2 Å². The number of hydrogen-bond donors (Lipinski definition) is 1. The summed E-state index contributed by atoms with van der Waals surface area (Å²) in [6.45, 7) is 3.22. The second kappa shape index (κ2) is 9.06. The van der Waals surface area contributed by atoms with Gasteiger partial charge in [-0.2, -0.15) is 0 Å². The molecule has 190 valence electrons. The van der Waals surface area contributed by atoms with Crippen molar-refractivity contribution in [2.24, 2.45) is 5.92 Å². The third-order valence-electron chi connectivity index (χ3n) is 4.02. The van der Waals surface area contributed by atoms with E-state index in [1.165, 1.54) is 6.07 Å². The van der Waals surface area contributed by atoms with E-state index in [9.17, 15) is 37.4 Å². The molecule has 0 heterocycles. The standard InChI is InChI=1S/C19H18Br2F5NO5S2/c1-11(2)10-32-18(28)9-27-19(29)12-3-13(20)5-15(4-12)33(30,31)16-6-14(21)7-17(8-16)34(22,23,24,25)26/h3-8,11H,9-10H2,1-2H3,(H,27,29). The summed E-state index contributed by atoms with van der Waals surface area (Å²) in [4.78, 5) is 20.0. The van der Waals surface area contributed by atoms with Crippen LogP contribution in [0, 0.1) is 5.92 Å². The van der Waals surface area contributed by atoms with E-state index < -0.39 is 57.6 Å². The molecule has 2 aromatic rings. The van der Waals surface area contributed by atoms with E-state index >= 15 is 0 Å². The lowest BCUT2D eigenvalue weighted by Crippen LogP contribution is -2.31. The number of carbonyl (C=O) groups excluding carboxylic acids is 2. The zero-order valence-electron chi connectivity index (χ0n) is 17.5. The van der Waals surface area contributed by atoms with Crippen molar-refractivity contribution in [1.29, 1.82) is 0 Å². The van der Waals surface area contributed by atoms with Gasteiger partial charge >= 0.3 is 16.2 Å². The first-order valence-corrected chi connectivity index (χ1v) is 14.3. The molecule has 0 bridgehead atoms. The lowest BCUT2D eigenvalue weighted by Gasteiger charge is -2.40. The van der Waals surface area contributed by atoms with Gasteiger partial charge in [0.1, 0.15) is 11.4 Å². The molecule has 0 radical (unpaired) electrons. The number of hydrogen-bond acceptors (Lipinski definition) is 5. The van der Waals surface area contributed by atoms with Gasteiger partial charge in [-0.05, 0) is 42.3 Å². The van der Waals surface area contributed by atoms with Crippen LogP contribution in [0.1, 0.15) is 24.2 Å². The monoisotopic (exact) mass is 657 g/mol. The fourth-order valence-electron chi connectivity index (χ4n) is 2.47. The normalized spacial score (nSPS) is 14.3. The van der Waals surface area contributed by atoms with E-state index in [0.29, 0.717) is 0 Å². The highest BCUT2D eigenvalue weighted by Crippen LogP contribution is 3.02. The predicted molar refractivity (Wildman–Crippen MR) is 123 cm³/mol. The Morgan fingerprint density at radius 2 is 1.47 bits per heavy atom. The first-order chi connectivity index (χ1) is 15.2. The summed E-state index contributed by atoms with van der Waals surface area (Å²) in [5.41, 5.74) is -0.257. The highest BCUT2D eigenvalue weighted by Gasteiger charge is 2.65. The first kappa shape index (κ1) is 28.5. The Labute approximate surface area is 209 Å². The number of halogens is 7. The maximum Gasteiger partial charge on any atom is 0.325 e. The van der Waals surface area contributed by atoms with Crippen molar-refractivity contribution in [3.63, 3.8) is 0 Å². The molecule has 1 amide bonds. The Balaban J connectivity index is 2.41. The zero-order valence-corrected chi connectivity index (χ0v) is 22.3. The molecule has 0 unspecified atom stereocenters. The third kappa shape index (κ3) is 7.65. The number of amides is 1. The number of sulfone groups is 1. The minimum absolute atomic E-state index is 0.0593. The quantitative estimate of drug-likeness (QED) is 0.254. The minimum Gasteiger partial charge on any atom is -0.464 e. The molecule has 0 aliphatic heterocycles. The van der Waals surface area contributed by atoms with Gasteiger partial charge in [-0.15, -0.1) is 0 Å². The molecule has 0 saturated carbocycles. The molecule has 2 aromatic carbocycles. The van der Waals surface area contributed by atoms with E-state index in [0.717, 1.165) is 18.2 Å². The Bertz CT molecular complexity index is 1250. The summed E-state index contributed by atoms with van der Waals surface area (Å²) in [6.07, 6.45) is 0. The minimum atomic E-state index is -10.2. The van der Waals surface area contributed by atoms with Gasteiger partial charge in [0, 0.05) is 14.5 Å². The van der Waals surface area contributed by atoms with Crippen molar-refractivity contribution < 1.29 is 42.2 Å². The Kier molecular flexibility index (Phi) is 7.60. The Hall–Kier alpha value is -1.71. The Morgan fingerprint density at radius 3 is 2.00 bits per heavy atom. The van der Waals surface area contributed by atoms with Crippen LogP contribution in [-0.4, -0.2) is 33.4 Å². The number of nitrogens with one attached hydrogen (secondary N) is 1. The summed E-state index contributed by atoms with van der Waals surface area (Å²) in [6, 6.07) is 3.69. The van der Waals surface area contributed by atoms with E-state index in [4.69, 9.17) is 4.74 Å². The fourth-order valence-corrected chi connectivity index (χ4v) is 6.08. The van der Waals surface area contributed by atoms with E-state index in [2.05, 4.69) is 37.2 Å². The second-order valence-corrected chi connectivity index (χ2v) is 13.7. The molecular formula is C19H18Br2F5NO5S2. The van der Waals surface area contributed by atoms with Crippen LogP contribution in [0.2, 0.25) is 0 Å². The van der Waals surface area contributed by atoms with Gasteiger partial charge in [0.25, 0.3) is 5.91 Å². The van der Waals surface area contributed by atoms with Gasteiger partial charge in [0.15, 0.2) is 0 Å². The molecule has 0 spiro atoms. The van der Waals surface area contributed by atoms with E-state index in [1.54, 1.807) is 13.8 Å². The number of carbonyl (C=O) groups is 2. The maximum atomic E-state index is 13.3. The first-order valence-electron chi connectivity index (χ1n) is 9.23. The van der Waals surface area contributed by atoms with Crippen LogP contribution in [-0.2, 0) is 19.4 Å². The molecule has 1 N–H and O–H groups in total. The average molecular weight is 659 g/mol. The molecule has 0 saturated heterocycles. The topological polar surface area (TPSA) is 89.5 Å². The van der Waals surface area contributed by atoms with Gasteiger partial charge in [-0.1, -0.05) is 65.1 Å². The molecule has 0 aliphatic rings. The lowest BCUT2D eigenvalue weighted by atomic mass is 10.2. The van der Waals surface area contributed by atoms with Gasteiger partial charge in [0.2, 0.25) is 9.84 Å². The number of benzene rings is 2. The Morgan fingerprint density at radius 1 is 0.941 bits per heavy atom. The lowest BCUT2D eigenvalue weighted by molar-refractivity contribution is -0.143. The molecule has 0 aliphatic carbocycles. The van der Waals surface area contributed by atoms with E-state index in [1.807, 2.05) is 0 Å². The highest BCUT2D eigenvalue weighted by molar-refractivity contribution is 9.10. The van der Waals surface area contributed by atoms with Crippen LogP contribution in [0.25, 0.3) is 0 Å². The summed E-state index contributed by atoms with van der Waals surface area (Å²) >= 11 is 5.64. The van der Waals surface area contributed by atoms with Crippen LogP contribution >= 0.6 is 42.1 Å². The summed E-state index contributed by atoms with van der Waals surface area (Å²) in [5.74, 6) is -1.54. The van der Waals surface area contributed by atoms with Gasteiger partial charge in [-0.3, -0.25) is 9.59 Å². The predicted octanol–water partition coefficient (Wildman–Crippen LogP) is 6.63. The van der Waals surface area contributed by atoms with Crippen LogP contribution < -0.4 is 5.32 Å². The maximum absolute atomic E-state index is 13.3.